The van der Waals surface area contributed by atoms with Gasteiger partial charge in [-0.3, -0.25) is 9.59 Å². The Morgan fingerprint density at radius 2 is 2.04 bits per heavy atom. The first-order valence-electron chi connectivity index (χ1n) is 9.92. The van der Waals surface area contributed by atoms with E-state index in [2.05, 4.69) is 39.1 Å². The zero-order chi connectivity index (χ0) is 19.7. The lowest BCUT2D eigenvalue weighted by molar-refractivity contribution is -0.123. The Morgan fingerprint density at radius 1 is 1.21 bits per heavy atom. The van der Waals surface area contributed by atoms with E-state index in [0.29, 0.717) is 5.13 Å². The minimum absolute atomic E-state index is 0.0484. The molecule has 0 aliphatic heterocycles. The van der Waals surface area contributed by atoms with Gasteiger partial charge in [-0.15, -0.1) is 11.3 Å². The van der Waals surface area contributed by atoms with Crippen LogP contribution in [0, 0.1) is 0 Å². The maximum Gasteiger partial charge on any atom is 0.242 e. The molecular weight excluding hydrogens is 372 g/mol. The summed E-state index contributed by atoms with van der Waals surface area (Å²) in [5.74, 6) is -0.297. The van der Waals surface area contributed by atoms with Crippen LogP contribution in [-0.2, 0) is 22.4 Å². The summed E-state index contributed by atoms with van der Waals surface area (Å²) in [6.07, 6.45) is 4.77. The molecule has 0 saturated heterocycles. The summed E-state index contributed by atoms with van der Waals surface area (Å²) in [6.45, 7) is 1.80. The van der Waals surface area contributed by atoms with E-state index in [9.17, 15) is 9.59 Å². The summed E-state index contributed by atoms with van der Waals surface area (Å²) in [4.78, 5) is 30.8. The van der Waals surface area contributed by atoms with Crippen LogP contribution in [0.5, 0.6) is 0 Å². The number of nitrogens with zero attached hydrogens (tertiary/aromatic N) is 1. The average molecular weight is 399 g/mol. The van der Waals surface area contributed by atoms with E-state index in [4.69, 9.17) is 0 Å². The molecule has 0 unspecified atom stereocenters. The number of amides is 2. The fraction of sp³-hybridized carbons (Fsp3) is 0.476. The van der Waals surface area contributed by atoms with Gasteiger partial charge < -0.3 is 16.0 Å². The van der Waals surface area contributed by atoms with Crippen LogP contribution < -0.4 is 16.0 Å². The molecular formula is C21H26N4O2S. The van der Waals surface area contributed by atoms with E-state index in [1.807, 2.05) is 6.07 Å². The molecule has 3 N–H and O–H groups in total. The van der Waals surface area contributed by atoms with E-state index in [1.165, 1.54) is 22.5 Å². The molecule has 1 aromatic carbocycles. The zero-order valence-corrected chi connectivity index (χ0v) is 17.1. The third-order valence-corrected chi connectivity index (χ3v) is 6.82. The quantitative estimate of drug-likeness (QED) is 0.723. The van der Waals surface area contributed by atoms with Gasteiger partial charge in [-0.2, -0.15) is 0 Å². The molecule has 1 aromatic heterocycles. The minimum Gasteiger partial charge on any atom is -0.349 e. The van der Waals surface area contributed by atoms with Gasteiger partial charge in [0.05, 0.1) is 23.7 Å². The lowest BCUT2D eigenvalue weighted by Crippen LogP contribution is -2.35. The number of nitrogens with one attached hydrogen (secondary N) is 3. The summed E-state index contributed by atoms with van der Waals surface area (Å²) in [5, 5.41) is 9.61. The predicted octanol–water partition coefficient (Wildman–Crippen LogP) is 2.91. The molecule has 0 bridgehead atoms. The fourth-order valence-corrected chi connectivity index (χ4v) is 5.10. The minimum atomic E-state index is -0.288. The third-order valence-electron chi connectivity index (χ3n) is 5.78. The van der Waals surface area contributed by atoms with Crippen molar-refractivity contribution in [1.82, 2.24) is 15.6 Å². The monoisotopic (exact) mass is 398 g/mol. The molecule has 2 amide bonds. The van der Waals surface area contributed by atoms with E-state index < -0.39 is 0 Å². The summed E-state index contributed by atoms with van der Waals surface area (Å²) in [6, 6.07) is 8.17. The van der Waals surface area contributed by atoms with E-state index >= 15 is 0 Å². The Hall–Kier alpha value is -2.25. The second-order valence-corrected chi connectivity index (χ2v) is 8.65. The number of hydrogen-bond donors (Lipinski definition) is 3. The van der Waals surface area contributed by atoms with Gasteiger partial charge in [0.15, 0.2) is 5.13 Å². The van der Waals surface area contributed by atoms with Crippen LogP contribution in [0.4, 0.5) is 5.13 Å². The zero-order valence-electron chi connectivity index (χ0n) is 16.2. The molecule has 3 atom stereocenters. The first-order valence-corrected chi connectivity index (χ1v) is 10.7. The number of thiazole rings is 1. The predicted molar refractivity (Wildman–Crippen MR) is 111 cm³/mol. The molecule has 148 valence electrons. The Morgan fingerprint density at radius 3 is 2.86 bits per heavy atom. The summed E-state index contributed by atoms with van der Waals surface area (Å²) >= 11 is 1.48. The Balaban J connectivity index is 1.46. The average Bonchev–Trinajstić information content (AvgIpc) is 3.27. The topological polar surface area (TPSA) is 83.1 Å². The molecule has 2 aliphatic rings. The van der Waals surface area contributed by atoms with Gasteiger partial charge in [0, 0.05) is 4.88 Å². The number of anilines is 1. The number of aromatic nitrogens is 1. The fourth-order valence-electron chi connectivity index (χ4n) is 4.06. The van der Waals surface area contributed by atoms with Crippen molar-refractivity contribution in [2.75, 3.05) is 12.4 Å². The molecule has 2 aliphatic carbocycles. The summed E-state index contributed by atoms with van der Waals surface area (Å²) in [7, 11) is 1.75. The number of fused-ring (bicyclic) bond motifs is 2. The Labute approximate surface area is 169 Å². The Bertz CT molecular complexity index is 894. The van der Waals surface area contributed by atoms with Crippen LogP contribution in [0.15, 0.2) is 24.3 Å². The van der Waals surface area contributed by atoms with Gasteiger partial charge in [-0.05, 0) is 57.2 Å². The first kappa shape index (κ1) is 19.1. The molecule has 6 nitrogen and oxygen atoms in total. The SMILES string of the molecule is CN[C@@H](C)C(=O)Nc1nc2c(s1)CC[C@H]2C(=O)N[C@@H]1CCCc2ccccc21. The molecule has 28 heavy (non-hydrogen) atoms. The number of rotatable bonds is 5. The van der Waals surface area contributed by atoms with Crippen molar-refractivity contribution >= 4 is 28.3 Å². The van der Waals surface area contributed by atoms with E-state index in [-0.39, 0.29) is 29.8 Å². The smallest absolute Gasteiger partial charge is 0.242 e. The van der Waals surface area contributed by atoms with Crippen LogP contribution in [0.1, 0.15) is 59.8 Å². The van der Waals surface area contributed by atoms with Crippen molar-refractivity contribution in [2.24, 2.45) is 0 Å². The lowest BCUT2D eigenvalue weighted by atomic mass is 9.87. The highest BCUT2D eigenvalue weighted by Crippen LogP contribution is 2.39. The third kappa shape index (κ3) is 3.69. The van der Waals surface area contributed by atoms with Crippen molar-refractivity contribution in [3.8, 4) is 0 Å². The first-order chi connectivity index (χ1) is 13.6. The maximum absolute atomic E-state index is 13.0. The number of carbonyl (C=O) groups is 2. The molecule has 2 aromatic rings. The van der Waals surface area contributed by atoms with Crippen LogP contribution in [0.2, 0.25) is 0 Å². The largest absolute Gasteiger partial charge is 0.349 e. The summed E-state index contributed by atoms with van der Waals surface area (Å²) in [5.41, 5.74) is 3.41. The second-order valence-electron chi connectivity index (χ2n) is 7.57. The number of benzene rings is 1. The highest BCUT2D eigenvalue weighted by Gasteiger charge is 2.34. The number of likely N-dealkylation sites (N-methyl/N-ethyl adjacent to an activating group) is 1. The Kier molecular flexibility index (Phi) is 5.46. The van der Waals surface area contributed by atoms with Gasteiger partial charge >= 0.3 is 0 Å². The van der Waals surface area contributed by atoms with Crippen LogP contribution in [0.25, 0.3) is 0 Å². The highest BCUT2D eigenvalue weighted by atomic mass is 32.1. The van der Waals surface area contributed by atoms with Crippen LogP contribution >= 0.6 is 11.3 Å². The lowest BCUT2D eigenvalue weighted by Gasteiger charge is -2.27. The van der Waals surface area contributed by atoms with Crippen molar-refractivity contribution in [1.29, 1.82) is 0 Å². The summed E-state index contributed by atoms with van der Waals surface area (Å²) < 4.78 is 0. The van der Waals surface area contributed by atoms with Crippen LogP contribution in [0.3, 0.4) is 0 Å². The standard InChI is InChI=1S/C21H26N4O2S/c1-12(22-2)19(26)25-21-24-18-15(10-11-17(18)28-21)20(27)23-16-9-5-7-13-6-3-4-8-14(13)16/h3-4,6,8,12,15-16,22H,5,7,9-11H2,1-2H3,(H,23,27)(H,24,25,26)/t12-,15+,16+/m0/s1. The van der Waals surface area contributed by atoms with Crippen molar-refractivity contribution in [3.63, 3.8) is 0 Å². The van der Waals surface area contributed by atoms with E-state index in [1.54, 1.807) is 14.0 Å². The maximum atomic E-state index is 13.0. The van der Waals surface area contributed by atoms with Crippen LogP contribution in [-0.4, -0.2) is 29.9 Å². The van der Waals surface area contributed by atoms with Crippen molar-refractivity contribution < 1.29 is 9.59 Å². The second kappa shape index (κ2) is 8.01. The number of hydrogen-bond acceptors (Lipinski definition) is 5. The van der Waals surface area contributed by atoms with Gasteiger partial charge in [-0.1, -0.05) is 24.3 Å². The molecule has 1 heterocycles. The molecule has 0 radical (unpaired) electrons. The van der Waals surface area contributed by atoms with Gasteiger partial charge in [-0.25, -0.2) is 4.98 Å². The molecule has 0 spiro atoms. The molecule has 0 saturated carbocycles. The molecule has 4 rings (SSSR count). The van der Waals surface area contributed by atoms with Crippen molar-refractivity contribution in [2.45, 2.75) is 57.0 Å². The van der Waals surface area contributed by atoms with Gasteiger partial charge in [0.25, 0.3) is 0 Å². The van der Waals surface area contributed by atoms with E-state index in [0.717, 1.165) is 42.7 Å². The highest BCUT2D eigenvalue weighted by molar-refractivity contribution is 7.16. The molecule has 7 heteroatoms. The number of carbonyl (C=O) groups excluding carboxylic acids is 2. The van der Waals surface area contributed by atoms with Gasteiger partial charge in [0.1, 0.15) is 0 Å². The molecule has 0 fully saturated rings. The normalized spacial score (nSPS) is 21.5. The number of aryl methyl sites for hydroxylation is 2. The van der Waals surface area contributed by atoms with Gasteiger partial charge in [0.2, 0.25) is 11.8 Å². The van der Waals surface area contributed by atoms with Crippen molar-refractivity contribution in [3.05, 3.63) is 46.0 Å².